The number of carbonyl (C=O) groups is 1. The number of aromatic nitrogens is 2. The minimum atomic E-state index is -0.169. The molecule has 1 N–H and O–H groups in total. The Hall–Kier alpha value is -3.21. The van der Waals surface area contributed by atoms with Gasteiger partial charge in [-0.05, 0) is 63.2 Å². The minimum Gasteiger partial charge on any atom is -0.491 e. The maximum Gasteiger partial charge on any atom is 0.255 e. The summed E-state index contributed by atoms with van der Waals surface area (Å²) in [5.74, 6) is 1.29. The zero-order valence-corrected chi connectivity index (χ0v) is 15.1. The van der Waals surface area contributed by atoms with E-state index in [-0.39, 0.29) is 12.0 Å². The summed E-state index contributed by atoms with van der Waals surface area (Å²) in [5, 5.41) is 2.92. The lowest BCUT2D eigenvalue weighted by Gasteiger charge is -2.11. The van der Waals surface area contributed by atoms with E-state index in [1.54, 1.807) is 30.5 Å². The summed E-state index contributed by atoms with van der Waals surface area (Å²) in [7, 11) is 0. The van der Waals surface area contributed by atoms with Gasteiger partial charge in [-0.15, -0.1) is 0 Å². The second kappa shape index (κ2) is 7.78. The Kier molecular flexibility index (Phi) is 5.27. The first-order valence-electron chi connectivity index (χ1n) is 8.49. The Morgan fingerprint density at radius 3 is 2.54 bits per heavy atom. The number of rotatable bonds is 5. The molecule has 0 unspecified atom stereocenters. The van der Waals surface area contributed by atoms with Crippen LogP contribution in [0.4, 0.5) is 5.69 Å². The van der Waals surface area contributed by atoms with Gasteiger partial charge in [0.05, 0.1) is 11.8 Å². The fraction of sp³-hybridized carbons (Fsp3) is 0.190. The minimum absolute atomic E-state index is 0.0999. The normalized spacial score (nSPS) is 10.6. The lowest BCUT2D eigenvalue weighted by molar-refractivity contribution is 0.102. The van der Waals surface area contributed by atoms with Crippen LogP contribution in [-0.2, 0) is 0 Å². The molecular formula is C21H21N3O2. The third kappa shape index (κ3) is 4.45. The molecule has 0 bridgehead atoms. The highest BCUT2D eigenvalue weighted by atomic mass is 16.5. The van der Waals surface area contributed by atoms with Gasteiger partial charge < -0.3 is 10.1 Å². The molecule has 3 aromatic rings. The summed E-state index contributed by atoms with van der Waals surface area (Å²) < 4.78 is 5.60. The molecule has 5 heteroatoms. The number of carbonyl (C=O) groups excluding carboxylic acids is 1. The molecule has 0 aliphatic rings. The number of hydrogen-bond donors (Lipinski definition) is 1. The van der Waals surface area contributed by atoms with Gasteiger partial charge in [-0.2, -0.15) is 0 Å². The average Bonchev–Trinajstić information content (AvgIpc) is 2.62. The van der Waals surface area contributed by atoms with E-state index in [1.807, 2.05) is 51.1 Å². The fourth-order valence-corrected chi connectivity index (χ4v) is 2.53. The standard InChI is InChI=1S/C21H21N3O2/c1-14(2)26-19-9-7-16(8-10-19)21(25)24-18-6-4-5-17(13-18)20-11-12-22-15(3)23-20/h4-14H,1-3H3,(H,24,25). The number of nitrogens with one attached hydrogen (secondary N) is 1. The summed E-state index contributed by atoms with van der Waals surface area (Å²) in [6, 6.07) is 16.6. The molecule has 0 saturated carbocycles. The lowest BCUT2D eigenvalue weighted by atomic mass is 10.1. The molecule has 132 valence electrons. The molecular weight excluding hydrogens is 326 g/mol. The number of amides is 1. The van der Waals surface area contributed by atoms with Crippen LogP contribution in [-0.4, -0.2) is 22.0 Å². The lowest BCUT2D eigenvalue weighted by Crippen LogP contribution is -2.12. The Labute approximate surface area is 153 Å². The van der Waals surface area contributed by atoms with Crippen LogP contribution in [0, 0.1) is 6.92 Å². The number of benzene rings is 2. The van der Waals surface area contributed by atoms with Crippen LogP contribution < -0.4 is 10.1 Å². The van der Waals surface area contributed by atoms with Crippen LogP contribution in [0.5, 0.6) is 5.75 Å². The number of anilines is 1. The van der Waals surface area contributed by atoms with Gasteiger partial charge >= 0.3 is 0 Å². The van der Waals surface area contributed by atoms with Crippen molar-refractivity contribution in [1.29, 1.82) is 0 Å². The molecule has 0 fully saturated rings. The summed E-state index contributed by atoms with van der Waals surface area (Å²) in [6.45, 7) is 5.78. The van der Waals surface area contributed by atoms with Crippen LogP contribution in [0.3, 0.4) is 0 Å². The summed E-state index contributed by atoms with van der Waals surface area (Å²) in [4.78, 5) is 21.0. The molecule has 0 aliphatic heterocycles. The third-order valence-corrected chi connectivity index (χ3v) is 3.68. The third-order valence-electron chi connectivity index (χ3n) is 3.68. The van der Waals surface area contributed by atoms with Crippen molar-refractivity contribution in [2.75, 3.05) is 5.32 Å². The van der Waals surface area contributed by atoms with E-state index in [4.69, 9.17) is 4.74 Å². The molecule has 1 heterocycles. The monoisotopic (exact) mass is 347 g/mol. The molecule has 5 nitrogen and oxygen atoms in total. The van der Waals surface area contributed by atoms with Gasteiger partial charge in [-0.25, -0.2) is 9.97 Å². The van der Waals surface area contributed by atoms with Crippen molar-refractivity contribution >= 4 is 11.6 Å². The van der Waals surface area contributed by atoms with Crippen molar-refractivity contribution in [1.82, 2.24) is 9.97 Å². The number of ether oxygens (including phenoxy) is 1. The van der Waals surface area contributed by atoms with Crippen molar-refractivity contribution in [3.8, 4) is 17.0 Å². The van der Waals surface area contributed by atoms with E-state index < -0.39 is 0 Å². The fourth-order valence-electron chi connectivity index (χ4n) is 2.53. The maximum absolute atomic E-state index is 12.5. The Bertz CT molecular complexity index is 905. The van der Waals surface area contributed by atoms with Gasteiger partial charge in [-0.1, -0.05) is 12.1 Å². The van der Waals surface area contributed by atoms with E-state index in [0.29, 0.717) is 17.1 Å². The molecule has 0 radical (unpaired) electrons. The predicted molar refractivity (Wildman–Crippen MR) is 102 cm³/mol. The SMILES string of the molecule is Cc1nccc(-c2cccc(NC(=O)c3ccc(OC(C)C)cc3)c2)n1. The molecule has 1 amide bonds. The largest absolute Gasteiger partial charge is 0.491 e. The Balaban J connectivity index is 1.74. The number of nitrogens with zero attached hydrogens (tertiary/aromatic N) is 2. The van der Waals surface area contributed by atoms with E-state index >= 15 is 0 Å². The second-order valence-corrected chi connectivity index (χ2v) is 6.22. The first kappa shape index (κ1) is 17.6. The van der Waals surface area contributed by atoms with E-state index in [9.17, 15) is 4.79 Å². The van der Waals surface area contributed by atoms with Gasteiger partial charge in [0.25, 0.3) is 5.91 Å². The molecule has 0 aliphatic carbocycles. The first-order chi connectivity index (χ1) is 12.5. The molecule has 0 atom stereocenters. The molecule has 26 heavy (non-hydrogen) atoms. The van der Waals surface area contributed by atoms with Crippen LogP contribution in [0.15, 0.2) is 60.8 Å². The van der Waals surface area contributed by atoms with Gasteiger partial charge in [0.2, 0.25) is 0 Å². The van der Waals surface area contributed by atoms with Gasteiger partial charge in [0.1, 0.15) is 11.6 Å². The Morgan fingerprint density at radius 1 is 1.08 bits per heavy atom. The molecule has 1 aromatic heterocycles. The predicted octanol–water partition coefficient (Wildman–Crippen LogP) is 4.49. The smallest absolute Gasteiger partial charge is 0.255 e. The molecule has 3 rings (SSSR count). The van der Waals surface area contributed by atoms with E-state index in [1.165, 1.54) is 0 Å². The summed E-state index contributed by atoms with van der Waals surface area (Å²) >= 11 is 0. The molecule has 0 saturated heterocycles. The number of hydrogen-bond acceptors (Lipinski definition) is 4. The Morgan fingerprint density at radius 2 is 1.85 bits per heavy atom. The van der Waals surface area contributed by atoms with Crippen LogP contribution in [0.25, 0.3) is 11.3 Å². The van der Waals surface area contributed by atoms with Crippen LogP contribution in [0.1, 0.15) is 30.0 Å². The second-order valence-electron chi connectivity index (χ2n) is 6.22. The van der Waals surface area contributed by atoms with Gasteiger partial charge in [0.15, 0.2) is 0 Å². The quantitative estimate of drug-likeness (QED) is 0.738. The number of aryl methyl sites for hydroxylation is 1. The zero-order chi connectivity index (χ0) is 18.5. The molecule has 2 aromatic carbocycles. The van der Waals surface area contributed by atoms with Crippen molar-refractivity contribution in [2.45, 2.75) is 26.9 Å². The highest BCUT2D eigenvalue weighted by Gasteiger charge is 2.08. The van der Waals surface area contributed by atoms with Gasteiger partial charge in [0, 0.05) is 23.0 Å². The molecule has 0 spiro atoms. The van der Waals surface area contributed by atoms with E-state index in [0.717, 1.165) is 17.0 Å². The van der Waals surface area contributed by atoms with Crippen molar-refractivity contribution in [3.05, 3.63) is 72.2 Å². The van der Waals surface area contributed by atoms with Crippen LogP contribution in [0.2, 0.25) is 0 Å². The van der Waals surface area contributed by atoms with Crippen molar-refractivity contribution < 1.29 is 9.53 Å². The first-order valence-corrected chi connectivity index (χ1v) is 8.49. The topological polar surface area (TPSA) is 64.1 Å². The van der Waals surface area contributed by atoms with Crippen molar-refractivity contribution in [3.63, 3.8) is 0 Å². The summed E-state index contributed by atoms with van der Waals surface area (Å²) in [5.41, 5.74) is 3.04. The van der Waals surface area contributed by atoms with Gasteiger partial charge in [-0.3, -0.25) is 4.79 Å². The highest BCUT2D eigenvalue weighted by Crippen LogP contribution is 2.21. The van der Waals surface area contributed by atoms with E-state index in [2.05, 4.69) is 15.3 Å². The van der Waals surface area contributed by atoms with Crippen molar-refractivity contribution in [2.24, 2.45) is 0 Å². The highest BCUT2D eigenvalue weighted by molar-refractivity contribution is 6.04. The average molecular weight is 347 g/mol. The summed E-state index contributed by atoms with van der Waals surface area (Å²) in [6.07, 6.45) is 1.83. The van der Waals surface area contributed by atoms with Crippen LogP contribution >= 0.6 is 0 Å². The zero-order valence-electron chi connectivity index (χ0n) is 15.1. The maximum atomic E-state index is 12.5.